The van der Waals surface area contributed by atoms with Crippen LogP contribution in [0.1, 0.15) is 24.8 Å². The average Bonchev–Trinajstić information content (AvgIpc) is 3.03. The minimum Gasteiger partial charge on any atom is -0.341 e. The number of H-pyrrole nitrogens is 2. The lowest BCUT2D eigenvalue weighted by atomic mass is 10.1. The fraction of sp³-hybridized carbons (Fsp3) is 0.467. The SMILES string of the molecule is N[C@H]1CCN(C(=O)CCCc2ccc3[nH]c(=O)[nH]c3c2)C1. The van der Waals surface area contributed by atoms with Gasteiger partial charge in [0, 0.05) is 25.6 Å². The van der Waals surface area contributed by atoms with Gasteiger partial charge < -0.3 is 20.6 Å². The predicted octanol–water partition coefficient (Wildman–Crippen LogP) is 0.738. The molecule has 0 saturated carbocycles. The van der Waals surface area contributed by atoms with Gasteiger partial charge in [0.15, 0.2) is 0 Å². The van der Waals surface area contributed by atoms with Gasteiger partial charge >= 0.3 is 5.69 Å². The largest absolute Gasteiger partial charge is 0.341 e. The Hall–Kier alpha value is -2.08. The Bertz CT molecular complexity index is 703. The maximum atomic E-state index is 12.0. The summed E-state index contributed by atoms with van der Waals surface area (Å²) in [6.45, 7) is 1.48. The van der Waals surface area contributed by atoms with Crippen molar-refractivity contribution in [3.63, 3.8) is 0 Å². The Balaban J connectivity index is 1.54. The number of nitrogens with two attached hydrogens (primary N) is 1. The van der Waals surface area contributed by atoms with Crippen molar-refractivity contribution in [1.82, 2.24) is 14.9 Å². The van der Waals surface area contributed by atoms with Gasteiger partial charge in [-0.1, -0.05) is 6.07 Å². The van der Waals surface area contributed by atoms with Crippen molar-refractivity contribution in [3.05, 3.63) is 34.2 Å². The molecule has 2 heterocycles. The summed E-state index contributed by atoms with van der Waals surface area (Å²) in [6, 6.07) is 5.98. The topological polar surface area (TPSA) is 95.0 Å². The molecule has 0 aliphatic carbocycles. The summed E-state index contributed by atoms with van der Waals surface area (Å²) >= 11 is 0. The zero-order chi connectivity index (χ0) is 14.8. The standard InChI is InChI=1S/C15H20N4O2/c16-11-6-7-19(9-11)14(20)3-1-2-10-4-5-12-13(8-10)18-15(21)17-12/h4-5,8,11H,1-3,6-7,9,16H2,(H2,17,18,21)/t11-/m0/s1. The van der Waals surface area contributed by atoms with E-state index < -0.39 is 0 Å². The second kappa shape index (κ2) is 5.73. The number of benzene rings is 1. The van der Waals surface area contributed by atoms with E-state index in [-0.39, 0.29) is 17.6 Å². The van der Waals surface area contributed by atoms with E-state index in [1.165, 1.54) is 0 Å². The monoisotopic (exact) mass is 288 g/mol. The Morgan fingerprint density at radius 2 is 2.14 bits per heavy atom. The maximum absolute atomic E-state index is 12.0. The van der Waals surface area contributed by atoms with E-state index >= 15 is 0 Å². The fourth-order valence-corrected chi connectivity index (χ4v) is 2.85. The van der Waals surface area contributed by atoms with Gasteiger partial charge in [-0.15, -0.1) is 0 Å². The number of carbonyl (C=O) groups is 1. The van der Waals surface area contributed by atoms with Crippen molar-refractivity contribution < 1.29 is 4.79 Å². The van der Waals surface area contributed by atoms with Crippen molar-refractivity contribution in [3.8, 4) is 0 Å². The van der Waals surface area contributed by atoms with Gasteiger partial charge in [-0.2, -0.15) is 0 Å². The molecule has 1 saturated heterocycles. The molecular formula is C15H20N4O2. The lowest BCUT2D eigenvalue weighted by molar-refractivity contribution is -0.130. The van der Waals surface area contributed by atoms with Crippen LogP contribution >= 0.6 is 0 Å². The van der Waals surface area contributed by atoms with Gasteiger partial charge in [0.25, 0.3) is 0 Å². The number of carbonyl (C=O) groups excluding carboxylic acids is 1. The third-order valence-corrected chi connectivity index (χ3v) is 4.01. The minimum absolute atomic E-state index is 0.141. The van der Waals surface area contributed by atoms with Crippen molar-refractivity contribution in [2.24, 2.45) is 5.73 Å². The molecule has 4 N–H and O–H groups in total. The molecule has 0 radical (unpaired) electrons. The van der Waals surface area contributed by atoms with Gasteiger partial charge in [-0.25, -0.2) is 4.79 Å². The quantitative estimate of drug-likeness (QED) is 0.774. The molecule has 2 aromatic rings. The van der Waals surface area contributed by atoms with Gasteiger partial charge in [0.1, 0.15) is 0 Å². The van der Waals surface area contributed by atoms with E-state index in [1.807, 2.05) is 23.1 Å². The third kappa shape index (κ3) is 3.16. The fourth-order valence-electron chi connectivity index (χ4n) is 2.85. The number of aromatic nitrogens is 2. The van der Waals surface area contributed by atoms with Crippen LogP contribution in [0.2, 0.25) is 0 Å². The highest BCUT2D eigenvalue weighted by molar-refractivity contribution is 5.77. The number of hydrogen-bond acceptors (Lipinski definition) is 3. The van der Waals surface area contributed by atoms with E-state index in [9.17, 15) is 9.59 Å². The average molecular weight is 288 g/mol. The van der Waals surface area contributed by atoms with Gasteiger partial charge in [0.05, 0.1) is 11.0 Å². The molecule has 6 heteroatoms. The molecule has 1 atom stereocenters. The zero-order valence-electron chi connectivity index (χ0n) is 11.9. The number of nitrogens with one attached hydrogen (secondary N) is 2. The summed E-state index contributed by atoms with van der Waals surface area (Å²) in [5.74, 6) is 0.194. The molecule has 0 spiro atoms. The number of hydrogen-bond donors (Lipinski definition) is 3. The van der Waals surface area contributed by atoms with Crippen molar-refractivity contribution in [2.75, 3.05) is 13.1 Å². The molecule has 112 valence electrons. The molecule has 21 heavy (non-hydrogen) atoms. The molecule has 1 aromatic heterocycles. The summed E-state index contributed by atoms with van der Waals surface area (Å²) in [7, 11) is 0. The van der Waals surface area contributed by atoms with Crippen molar-refractivity contribution in [2.45, 2.75) is 31.7 Å². The molecule has 1 aliphatic heterocycles. The van der Waals surface area contributed by atoms with Gasteiger partial charge in [-0.05, 0) is 37.0 Å². The Morgan fingerprint density at radius 1 is 1.33 bits per heavy atom. The molecule has 3 rings (SSSR count). The second-order valence-corrected chi connectivity index (χ2v) is 5.70. The van der Waals surface area contributed by atoms with E-state index in [2.05, 4.69) is 9.97 Å². The van der Waals surface area contributed by atoms with Crippen LogP contribution < -0.4 is 11.4 Å². The molecule has 1 amide bonds. The lowest BCUT2D eigenvalue weighted by Crippen LogP contribution is -2.31. The van der Waals surface area contributed by atoms with Crippen LogP contribution in [0.15, 0.2) is 23.0 Å². The molecular weight excluding hydrogens is 268 g/mol. The zero-order valence-corrected chi connectivity index (χ0v) is 11.9. The Morgan fingerprint density at radius 3 is 2.90 bits per heavy atom. The Labute approximate surface area is 122 Å². The number of likely N-dealkylation sites (tertiary alicyclic amines) is 1. The van der Waals surface area contributed by atoms with E-state index in [4.69, 9.17) is 5.73 Å². The van der Waals surface area contributed by atoms with Crippen LogP contribution in [-0.4, -0.2) is 39.9 Å². The molecule has 0 unspecified atom stereocenters. The number of fused-ring (bicyclic) bond motifs is 1. The second-order valence-electron chi connectivity index (χ2n) is 5.70. The normalized spacial score (nSPS) is 18.5. The molecule has 1 aliphatic rings. The first-order valence-electron chi connectivity index (χ1n) is 7.36. The van der Waals surface area contributed by atoms with Crippen LogP contribution in [0, 0.1) is 0 Å². The molecule has 1 fully saturated rings. The van der Waals surface area contributed by atoms with Gasteiger partial charge in [0.2, 0.25) is 5.91 Å². The summed E-state index contributed by atoms with van der Waals surface area (Å²) in [6.07, 6.45) is 3.09. The molecule has 0 bridgehead atoms. The number of amides is 1. The Kier molecular flexibility index (Phi) is 3.79. The molecule has 1 aromatic carbocycles. The highest BCUT2D eigenvalue weighted by Gasteiger charge is 2.22. The van der Waals surface area contributed by atoms with Crippen LogP contribution in [0.3, 0.4) is 0 Å². The third-order valence-electron chi connectivity index (χ3n) is 4.01. The van der Waals surface area contributed by atoms with Crippen LogP contribution in [-0.2, 0) is 11.2 Å². The van der Waals surface area contributed by atoms with Gasteiger partial charge in [-0.3, -0.25) is 4.79 Å². The van der Waals surface area contributed by atoms with Crippen LogP contribution in [0.4, 0.5) is 0 Å². The number of aromatic amines is 2. The number of aryl methyl sites for hydroxylation is 1. The van der Waals surface area contributed by atoms with Crippen LogP contribution in [0.25, 0.3) is 11.0 Å². The summed E-state index contributed by atoms with van der Waals surface area (Å²) in [5, 5.41) is 0. The molecule has 6 nitrogen and oxygen atoms in total. The lowest BCUT2D eigenvalue weighted by Gasteiger charge is -2.15. The predicted molar refractivity (Wildman–Crippen MR) is 81.0 cm³/mol. The van der Waals surface area contributed by atoms with E-state index in [0.29, 0.717) is 13.0 Å². The smallest absolute Gasteiger partial charge is 0.323 e. The van der Waals surface area contributed by atoms with E-state index in [0.717, 1.165) is 42.4 Å². The first-order chi connectivity index (χ1) is 10.1. The number of imidazole rings is 1. The summed E-state index contributed by atoms with van der Waals surface area (Å²) in [5.41, 5.74) is 8.37. The summed E-state index contributed by atoms with van der Waals surface area (Å²) in [4.78, 5) is 30.5. The van der Waals surface area contributed by atoms with Crippen LogP contribution in [0.5, 0.6) is 0 Å². The maximum Gasteiger partial charge on any atom is 0.323 e. The van der Waals surface area contributed by atoms with E-state index in [1.54, 1.807) is 0 Å². The minimum atomic E-state index is -0.192. The highest BCUT2D eigenvalue weighted by atomic mass is 16.2. The summed E-state index contributed by atoms with van der Waals surface area (Å²) < 4.78 is 0. The number of nitrogens with zero attached hydrogens (tertiary/aromatic N) is 1. The first-order valence-corrected chi connectivity index (χ1v) is 7.36. The number of rotatable bonds is 4. The van der Waals surface area contributed by atoms with Crippen molar-refractivity contribution >= 4 is 16.9 Å². The first kappa shape index (κ1) is 13.9. The highest BCUT2D eigenvalue weighted by Crippen LogP contribution is 2.14. The van der Waals surface area contributed by atoms with Crippen molar-refractivity contribution in [1.29, 1.82) is 0 Å².